The van der Waals surface area contributed by atoms with Crippen LogP contribution < -0.4 is 5.32 Å². The Morgan fingerprint density at radius 2 is 1.27 bits per heavy atom. The molecule has 1 heterocycles. The maximum atomic E-state index is 4.33. The van der Waals surface area contributed by atoms with Gasteiger partial charge < -0.3 is 5.32 Å². The van der Waals surface area contributed by atoms with Gasteiger partial charge in [0, 0.05) is 33.3 Å². The van der Waals surface area contributed by atoms with E-state index in [-0.39, 0.29) is 0 Å². The van der Waals surface area contributed by atoms with Crippen molar-refractivity contribution in [3.05, 3.63) is 41.3 Å². The van der Waals surface area contributed by atoms with Gasteiger partial charge in [0.05, 0.1) is 0 Å². The second kappa shape index (κ2) is 18.1. The molecule has 0 atom stereocenters. The van der Waals surface area contributed by atoms with Crippen molar-refractivity contribution < 1.29 is 0 Å². The van der Waals surface area contributed by atoms with Crippen LogP contribution in [0.3, 0.4) is 0 Å². The van der Waals surface area contributed by atoms with Gasteiger partial charge in [-0.3, -0.25) is 0 Å². The van der Waals surface area contributed by atoms with Gasteiger partial charge in [-0.1, -0.05) is 129 Å². The summed E-state index contributed by atoms with van der Waals surface area (Å²) in [5.74, 6) is 0. The van der Waals surface area contributed by atoms with Crippen molar-refractivity contribution in [3.8, 4) is 0 Å². The monoisotopic (exact) mass is 469 g/mol. The summed E-state index contributed by atoms with van der Waals surface area (Å²) in [6, 6.07) is 6.92. The molecule has 1 aromatic heterocycles. The number of fused-ring (bicyclic) bond motifs is 1. The lowest BCUT2D eigenvalue weighted by molar-refractivity contribution is 0.529. The average molecular weight is 470 g/mol. The molecule has 0 fully saturated rings. The normalized spacial score (nSPS) is 11.3. The van der Waals surface area contributed by atoms with Crippen molar-refractivity contribution in [3.63, 3.8) is 0 Å². The van der Waals surface area contributed by atoms with Gasteiger partial charge in [0.25, 0.3) is 0 Å². The molecule has 0 saturated heterocycles. The fourth-order valence-electron chi connectivity index (χ4n) is 4.76. The van der Waals surface area contributed by atoms with E-state index in [1.807, 2.05) is 11.3 Å². The Morgan fingerprint density at radius 3 is 1.82 bits per heavy atom. The Balaban J connectivity index is 1.43. The van der Waals surface area contributed by atoms with Gasteiger partial charge in [0.1, 0.15) is 0 Å². The third kappa shape index (κ3) is 11.6. The van der Waals surface area contributed by atoms with Gasteiger partial charge in [-0.2, -0.15) is 0 Å². The largest absolute Gasteiger partial charge is 0.385 e. The van der Waals surface area contributed by atoms with Crippen LogP contribution in [0.2, 0.25) is 0 Å². The predicted octanol–water partition coefficient (Wildman–Crippen LogP) is 10.7. The standard InChI is InChI=1S/C31H51NS/c1-4-6-7-8-9-10-11-12-13-14-15-16-17-18-19-20-24-32-27(3)30-26-33-31-23-22-28(21-5-2)25-29(30)31/h22-23,25-26,32H,3-21,24H2,1-2H3. The molecule has 186 valence electrons. The van der Waals surface area contributed by atoms with E-state index in [4.69, 9.17) is 0 Å². The number of hydrogen-bond donors (Lipinski definition) is 1. The molecule has 0 aliphatic rings. The third-order valence-corrected chi connectivity index (χ3v) is 7.83. The molecule has 0 saturated carbocycles. The van der Waals surface area contributed by atoms with E-state index in [2.05, 4.69) is 49.3 Å². The zero-order valence-corrected chi connectivity index (χ0v) is 22.7. The highest BCUT2D eigenvalue weighted by atomic mass is 32.1. The molecule has 0 bridgehead atoms. The molecular formula is C31H51NS. The van der Waals surface area contributed by atoms with Gasteiger partial charge in [-0.25, -0.2) is 0 Å². The van der Waals surface area contributed by atoms with Crippen molar-refractivity contribution in [2.24, 2.45) is 0 Å². The van der Waals surface area contributed by atoms with Crippen LogP contribution in [-0.2, 0) is 6.42 Å². The molecule has 0 unspecified atom stereocenters. The molecule has 0 aliphatic heterocycles. The van der Waals surface area contributed by atoms with E-state index in [0.717, 1.165) is 18.7 Å². The molecule has 2 rings (SSSR count). The number of unbranched alkanes of at least 4 members (excludes halogenated alkanes) is 15. The Kier molecular flexibility index (Phi) is 15.3. The number of aryl methyl sites for hydroxylation is 1. The molecule has 1 N–H and O–H groups in total. The van der Waals surface area contributed by atoms with E-state index in [9.17, 15) is 0 Å². The number of thiophene rings is 1. The maximum Gasteiger partial charge on any atom is 0.0355 e. The van der Waals surface area contributed by atoms with Crippen molar-refractivity contribution >= 4 is 27.1 Å². The summed E-state index contributed by atoms with van der Waals surface area (Å²) in [5.41, 5.74) is 3.83. The van der Waals surface area contributed by atoms with Gasteiger partial charge in [-0.15, -0.1) is 11.3 Å². The van der Waals surface area contributed by atoms with Crippen molar-refractivity contribution in [1.82, 2.24) is 5.32 Å². The zero-order chi connectivity index (χ0) is 23.6. The molecule has 1 aromatic carbocycles. The Hall–Kier alpha value is -1.28. The highest BCUT2D eigenvalue weighted by Crippen LogP contribution is 2.30. The van der Waals surface area contributed by atoms with Crippen LogP contribution in [0.1, 0.15) is 134 Å². The summed E-state index contributed by atoms with van der Waals surface area (Å²) in [4.78, 5) is 0. The molecule has 0 spiro atoms. The van der Waals surface area contributed by atoms with E-state index >= 15 is 0 Å². The van der Waals surface area contributed by atoms with Gasteiger partial charge in [0.15, 0.2) is 0 Å². The minimum atomic E-state index is 1.04. The quantitative estimate of drug-likeness (QED) is 0.179. The molecule has 1 nitrogen and oxygen atoms in total. The van der Waals surface area contributed by atoms with Gasteiger partial charge >= 0.3 is 0 Å². The molecule has 33 heavy (non-hydrogen) atoms. The molecular weight excluding hydrogens is 418 g/mol. The lowest BCUT2D eigenvalue weighted by Gasteiger charge is -2.10. The summed E-state index contributed by atoms with van der Waals surface area (Å²) in [6.07, 6.45) is 25.1. The Bertz CT molecular complexity index is 759. The summed E-state index contributed by atoms with van der Waals surface area (Å²) in [5, 5.41) is 7.23. The fourth-order valence-corrected chi connectivity index (χ4v) is 5.72. The molecule has 2 heteroatoms. The smallest absolute Gasteiger partial charge is 0.0355 e. The van der Waals surface area contributed by atoms with Crippen LogP contribution in [0.15, 0.2) is 30.2 Å². The van der Waals surface area contributed by atoms with Gasteiger partial charge in [-0.05, 0) is 30.5 Å². The second-order valence-corrected chi connectivity index (χ2v) is 10.8. The fraction of sp³-hybridized carbons (Fsp3) is 0.677. The van der Waals surface area contributed by atoms with Crippen LogP contribution in [0.4, 0.5) is 0 Å². The molecule has 0 amide bonds. The highest BCUT2D eigenvalue weighted by molar-refractivity contribution is 7.17. The lowest BCUT2D eigenvalue weighted by Crippen LogP contribution is -2.12. The first kappa shape index (κ1) is 28.0. The van der Waals surface area contributed by atoms with E-state index < -0.39 is 0 Å². The number of benzene rings is 1. The SMILES string of the molecule is C=C(NCCCCCCCCCCCCCCCCCC)c1csc2ccc(CCC)cc12. The zero-order valence-electron chi connectivity index (χ0n) is 21.9. The Labute approximate surface area is 209 Å². The van der Waals surface area contributed by atoms with Crippen molar-refractivity contribution in [2.45, 2.75) is 129 Å². The van der Waals surface area contributed by atoms with Crippen LogP contribution >= 0.6 is 11.3 Å². The second-order valence-electron chi connectivity index (χ2n) is 9.94. The summed E-state index contributed by atoms with van der Waals surface area (Å²) in [6.45, 7) is 9.92. The average Bonchev–Trinajstić information content (AvgIpc) is 3.24. The number of nitrogens with one attached hydrogen (secondary N) is 1. The number of rotatable bonds is 21. The van der Waals surface area contributed by atoms with Crippen molar-refractivity contribution in [2.75, 3.05) is 6.54 Å². The lowest BCUT2D eigenvalue weighted by atomic mass is 10.0. The van der Waals surface area contributed by atoms with Crippen LogP contribution in [0.25, 0.3) is 15.8 Å². The number of hydrogen-bond acceptors (Lipinski definition) is 2. The third-order valence-electron chi connectivity index (χ3n) is 6.87. The summed E-state index contributed by atoms with van der Waals surface area (Å²) >= 11 is 1.83. The minimum Gasteiger partial charge on any atom is -0.385 e. The molecule has 2 aromatic rings. The summed E-state index contributed by atoms with van der Waals surface area (Å²) < 4.78 is 1.37. The minimum absolute atomic E-state index is 1.04. The van der Waals surface area contributed by atoms with Crippen molar-refractivity contribution in [1.29, 1.82) is 0 Å². The molecule has 0 aliphatic carbocycles. The highest BCUT2D eigenvalue weighted by Gasteiger charge is 2.08. The predicted molar refractivity (Wildman–Crippen MR) is 152 cm³/mol. The van der Waals surface area contributed by atoms with E-state index in [1.165, 1.54) is 130 Å². The Morgan fingerprint density at radius 1 is 0.727 bits per heavy atom. The first-order valence-corrected chi connectivity index (χ1v) is 15.1. The maximum absolute atomic E-state index is 4.33. The van der Waals surface area contributed by atoms with Crippen LogP contribution in [0, 0.1) is 0 Å². The van der Waals surface area contributed by atoms with E-state index in [1.54, 1.807) is 0 Å². The van der Waals surface area contributed by atoms with Crippen LogP contribution in [-0.4, -0.2) is 6.54 Å². The first-order valence-electron chi connectivity index (χ1n) is 14.2. The molecule has 0 radical (unpaired) electrons. The van der Waals surface area contributed by atoms with Crippen LogP contribution in [0.5, 0.6) is 0 Å². The first-order chi connectivity index (χ1) is 16.3. The topological polar surface area (TPSA) is 12.0 Å². The van der Waals surface area contributed by atoms with Gasteiger partial charge in [0.2, 0.25) is 0 Å². The summed E-state index contributed by atoms with van der Waals surface area (Å²) in [7, 11) is 0. The van der Waals surface area contributed by atoms with E-state index in [0.29, 0.717) is 0 Å².